The van der Waals surface area contributed by atoms with E-state index in [1.807, 2.05) is 0 Å². The first kappa shape index (κ1) is 11.6. The Morgan fingerprint density at radius 2 is 2.06 bits per heavy atom. The number of phenols is 1. The summed E-state index contributed by atoms with van der Waals surface area (Å²) in [5, 5.41) is 12.6. The largest absolute Gasteiger partial charge is 0.505 e. The third-order valence-corrected chi connectivity index (χ3v) is 2.96. The van der Waals surface area contributed by atoms with Crippen LogP contribution < -0.4 is 5.32 Å². The van der Waals surface area contributed by atoms with E-state index in [0.717, 1.165) is 31.7 Å². The molecule has 0 spiro atoms. The van der Waals surface area contributed by atoms with Gasteiger partial charge >= 0.3 is 0 Å². The molecule has 1 aromatic carbocycles. The lowest BCUT2D eigenvalue weighted by Gasteiger charge is -2.27. The van der Waals surface area contributed by atoms with Gasteiger partial charge in [-0.1, -0.05) is 11.6 Å². The Morgan fingerprint density at radius 1 is 1.38 bits per heavy atom. The molecule has 0 radical (unpaired) electrons. The lowest BCUT2D eigenvalue weighted by molar-refractivity contribution is 0.233. The van der Waals surface area contributed by atoms with E-state index in [4.69, 9.17) is 11.6 Å². The van der Waals surface area contributed by atoms with Crippen LogP contribution in [-0.4, -0.2) is 36.2 Å². The van der Waals surface area contributed by atoms with Crippen LogP contribution in [0.5, 0.6) is 5.75 Å². The zero-order valence-electron chi connectivity index (χ0n) is 8.84. The number of aromatic hydroxyl groups is 1. The van der Waals surface area contributed by atoms with E-state index < -0.39 is 5.82 Å². The molecule has 88 valence electrons. The monoisotopic (exact) mass is 244 g/mol. The molecule has 2 rings (SSSR count). The zero-order chi connectivity index (χ0) is 11.5. The summed E-state index contributed by atoms with van der Waals surface area (Å²) in [5.74, 6) is -1.12. The van der Waals surface area contributed by atoms with Gasteiger partial charge in [-0.3, -0.25) is 4.90 Å². The van der Waals surface area contributed by atoms with Crippen molar-refractivity contribution in [1.82, 2.24) is 10.2 Å². The summed E-state index contributed by atoms with van der Waals surface area (Å²) in [6.07, 6.45) is 0. The van der Waals surface area contributed by atoms with Gasteiger partial charge < -0.3 is 10.4 Å². The highest BCUT2D eigenvalue weighted by Gasteiger charge is 2.13. The molecule has 1 fully saturated rings. The molecule has 0 atom stereocenters. The van der Waals surface area contributed by atoms with Crippen LogP contribution in [0.15, 0.2) is 12.1 Å². The highest BCUT2D eigenvalue weighted by atomic mass is 35.5. The van der Waals surface area contributed by atoms with E-state index in [1.54, 1.807) is 6.07 Å². The van der Waals surface area contributed by atoms with Gasteiger partial charge in [-0.25, -0.2) is 4.39 Å². The number of hydrogen-bond donors (Lipinski definition) is 2. The molecule has 0 unspecified atom stereocenters. The van der Waals surface area contributed by atoms with Crippen molar-refractivity contribution >= 4 is 11.6 Å². The molecular weight excluding hydrogens is 231 g/mol. The van der Waals surface area contributed by atoms with E-state index in [9.17, 15) is 9.50 Å². The normalized spacial score (nSPS) is 17.6. The van der Waals surface area contributed by atoms with E-state index in [1.165, 1.54) is 6.07 Å². The second kappa shape index (κ2) is 4.99. The number of phenolic OH excluding ortho intramolecular Hbond substituents is 1. The minimum absolute atomic E-state index is 0.0230. The molecule has 2 N–H and O–H groups in total. The average Bonchev–Trinajstić information content (AvgIpc) is 2.27. The Hall–Kier alpha value is -0.840. The first-order chi connectivity index (χ1) is 7.66. The smallest absolute Gasteiger partial charge is 0.183 e. The maximum absolute atomic E-state index is 13.1. The van der Waals surface area contributed by atoms with Crippen LogP contribution in [0.3, 0.4) is 0 Å². The molecule has 1 heterocycles. The van der Waals surface area contributed by atoms with Crippen LogP contribution >= 0.6 is 11.6 Å². The van der Waals surface area contributed by atoms with E-state index in [2.05, 4.69) is 10.2 Å². The molecule has 0 aromatic heterocycles. The van der Waals surface area contributed by atoms with E-state index >= 15 is 0 Å². The fraction of sp³-hybridized carbons (Fsp3) is 0.455. The summed E-state index contributed by atoms with van der Waals surface area (Å²) in [6, 6.07) is 3.00. The minimum Gasteiger partial charge on any atom is -0.505 e. The maximum Gasteiger partial charge on any atom is 0.183 e. The molecule has 1 saturated heterocycles. The predicted molar refractivity (Wildman–Crippen MR) is 61.2 cm³/mol. The van der Waals surface area contributed by atoms with Crippen LogP contribution in [0.25, 0.3) is 0 Å². The Kier molecular flexibility index (Phi) is 3.63. The lowest BCUT2D eigenvalue weighted by atomic mass is 10.2. The molecule has 0 bridgehead atoms. The Bertz CT molecular complexity index is 357. The summed E-state index contributed by atoms with van der Waals surface area (Å²) >= 11 is 5.67. The lowest BCUT2D eigenvalue weighted by Crippen LogP contribution is -2.42. The molecule has 3 nitrogen and oxygen atoms in total. The van der Waals surface area contributed by atoms with Crippen molar-refractivity contribution in [3.63, 3.8) is 0 Å². The molecule has 1 aliphatic heterocycles. The van der Waals surface area contributed by atoms with Crippen LogP contribution in [0, 0.1) is 5.82 Å². The van der Waals surface area contributed by atoms with Gasteiger partial charge in [-0.05, 0) is 17.7 Å². The third kappa shape index (κ3) is 2.64. The van der Waals surface area contributed by atoms with Gasteiger partial charge in [0.15, 0.2) is 11.6 Å². The van der Waals surface area contributed by atoms with Crippen molar-refractivity contribution < 1.29 is 9.50 Å². The molecule has 0 amide bonds. The summed E-state index contributed by atoms with van der Waals surface area (Å²) in [7, 11) is 0. The second-order valence-corrected chi connectivity index (χ2v) is 4.34. The highest BCUT2D eigenvalue weighted by molar-refractivity contribution is 6.30. The van der Waals surface area contributed by atoms with Crippen molar-refractivity contribution in [2.75, 3.05) is 26.2 Å². The molecule has 5 heteroatoms. The topological polar surface area (TPSA) is 35.5 Å². The quantitative estimate of drug-likeness (QED) is 0.830. The number of hydrogen-bond acceptors (Lipinski definition) is 3. The van der Waals surface area contributed by atoms with Crippen LogP contribution in [0.1, 0.15) is 5.56 Å². The van der Waals surface area contributed by atoms with Crippen molar-refractivity contribution in [2.24, 2.45) is 0 Å². The van der Waals surface area contributed by atoms with Gasteiger partial charge in [-0.2, -0.15) is 0 Å². The van der Waals surface area contributed by atoms with Crippen molar-refractivity contribution in [1.29, 1.82) is 0 Å². The molecule has 1 aliphatic rings. The number of halogens is 2. The van der Waals surface area contributed by atoms with Gasteiger partial charge in [0.1, 0.15) is 0 Å². The van der Waals surface area contributed by atoms with Gasteiger partial charge in [0.25, 0.3) is 0 Å². The van der Waals surface area contributed by atoms with Crippen LogP contribution in [0.4, 0.5) is 4.39 Å². The number of rotatable bonds is 2. The highest BCUT2D eigenvalue weighted by Crippen LogP contribution is 2.26. The second-order valence-electron chi connectivity index (χ2n) is 3.94. The summed E-state index contributed by atoms with van der Waals surface area (Å²) in [6.45, 7) is 4.52. The Labute approximate surface area is 98.8 Å². The zero-order valence-corrected chi connectivity index (χ0v) is 9.60. The summed E-state index contributed by atoms with van der Waals surface area (Å²) in [4.78, 5) is 2.24. The number of piperazine rings is 1. The average molecular weight is 245 g/mol. The maximum atomic E-state index is 13.1. The van der Waals surface area contributed by atoms with Crippen molar-refractivity contribution in [3.8, 4) is 5.75 Å². The van der Waals surface area contributed by atoms with Gasteiger partial charge in [0, 0.05) is 32.7 Å². The Morgan fingerprint density at radius 3 is 2.69 bits per heavy atom. The molecular formula is C11H14ClFN2O. The molecule has 1 aromatic rings. The number of nitrogens with zero attached hydrogens (tertiary/aromatic N) is 1. The SMILES string of the molecule is Oc1cc(CN2CCNCC2)cc(Cl)c1F. The molecule has 0 aliphatic carbocycles. The third-order valence-electron chi connectivity index (χ3n) is 2.68. The van der Waals surface area contributed by atoms with Gasteiger partial charge in [0.2, 0.25) is 0 Å². The van der Waals surface area contributed by atoms with Crippen molar-refractivity contribution in [2.45, 2.75) is 6.54 Å². The number of nitrogens with one attached hydrogen (secondary N) is 1. The predicted octanol–water partition coefficient (Wildman–Crippen LogP) is 1.59. The number of benzene rings is 1. The molecule has 0 saturated carbocycles. The standard InChI is InChI=1S/C11H14ClFN2O/c12-9-5-8(6-10(16)11(9)13)7-15-3-1-14-2-4-15/h5-6,14,16H,1-4,7H2. The van der Waals surface area contributed by atoms with Crippen LogP contribution in [0.2, 0.25) is 5.02 Å². The van der Waals surface area contributed by atoms with E-state index in [0.29, 0.717) is 6.54 Å². The first-order valence-corrected chi connectivity index (χ1v) is 5.64. The fourth-order valence-electron chi connectivity index (χ4n) is 1.85. The van der Waals surface area contributed by atoms with E-state index in [-0.39, 0.29) is 10.8 Å². The minimum atomic E-state index is -0.745. The summed E-state index contributed by atoms with van der Waals surface area (Å²) < 4.78 is 13.1. The Balaban J connectivity index is 2.09. The molecule has 16 heavy (non-hydrogen) atoms. The van der Waals surface area contributed by atoms with Gasteiger partial charge in [0.05, 0.1) is 5.02 Å². The van der Waals surface area contributed by atoms with Crippen molar-refractivity contribution in [3.05, 3.63) is 28.5 Å². The van der Waals surface area contributed by atoms with Crippen LogP contribution in [-0.2, 0) is 6.54 Å². The fourth-order valence-corrected chi connectivity index (χ4v) is 2.08. The first-order valence-electron chi connectivity index (χ1n) is 5.27. The van der Waals surface area contributed by atoms with Gasteiger partial charge in [-0.15, -0.1) is 0 Å². The summed E-state index contributed by atoms with van der Waals surface area (Å²) in [5.41, 5.74) is 0.839.